The van der Waals surface area contributed by atoms with Crippen LogP contribution < -0.4 is 0 Å². The molecular formula is C11H13N3O3S. The zero-order chi connectivity index (χ0) is 13.9. The van der Waals surface area contributed by atoms with E-state index >= 15 is 0 Å². The lowest BCUT2D eigenvalue weighted by Crippen LogP contribution is -2.41. The Hall–Kier alpha value is -1.91. The molecule has 0 radical (unpaired) electrons. The standard InChI is InChI=1S/C11H13N3O3S/c1-13(2)18(16,17)14(3)11(15)10-6-4-9(8-12)5-7-10/h4-7H,1-3H3. The zero-order valence-corrected chi connectivity index (χ0v) is 11.1. The molecule has 1 rings (SSSR count). The van der Waals surface area contributed by atoms with Gasteiger partial charge in [-0.2, -0.15) is 18.0 Å². The Morgan fingerprint density at radius 3 is 2.06 bits per heavy atom. The Morgan fingerprint density at radius 1 is 1.17 bits per heavy atom. The highest BCUT2D eigenvalue weighted by molar-refractivity contribution is 7.87. The summed E-state index contributed by atoms with van der Waals surface area (Å²) in [6.07, 6.45) is 0. The molecule has 18 heavy (non-hydrogen) atoms. The van der Waals surface area contributed by atoms with Crippen LogP contribution in [0.2, 0.25) is 0 Å². The number of hydrogen-bond donors (Lipinski definition) is 0. The maximum Gasteiger partial charge on any atom is 0.305 e. The summed E-state index contributed by atoms with van der Waals surface area (Å²) in [5, 5.41) is 8.63. The van der Waals surface area contributed by atoms with Crippen LogP contribution in [0.4, 0.5) is 0 Å². The fourth-order valence-corrected chi connectivity index (χ4v) is 2.02. The quantitative estimate of drug-likeness (QED) is 0.795. The Labute approximate surface area is 106 Å². The van der Waals surface area contributed by atoms with Crippen molar-refractivity contribution in [1.82, 2.24) is 8.61 Å². The maximum absolute atomic E-state index is 11.9. The predicted molar refractivity (Wildman–Crippen MR) is 65.9 cm³/mol. The van der Waals surface area contributed by atoms with E-state index in [1.54, 1.807) is 0 Å². The van der Waals surface area contributed by atoms with Crippen LogP contribution in [0.5, 0.6) is 0 Å². The molecule has 0 atom stereocenters. The van der Waals surface area contributed by atoms with Crippen LogP contribution in [0.25, 0.3) is 0 Å². The third kappa shape index (κ3) is 2.67. The van der Waals surface area contributed by atoms with Crippen LogP contribution in [0.1, 0.15) is 15.9 Å². The van der Waals surface area contributed by atoms with E-state index in [1.165, 1.54) is 45.4 Å². The van der Waals surface area contributed by atoms with Crippen molar-refractivity contribution in [2.75, 3.05) is 21.1 Å². The summed E-state index contributed by atoms with van der Waals surface area (Å²) in [7, 11) is 0.0928. The molecule has 0 saturated heterocycles. The molecule has 0 heterocycles. The van der Waals surface area contributed by atoms with E-state index in [0.29, 0.717) is 9.87 Å². The minimum absolute atomic E-state index is 0.210. The fraction of sp³-hybridized carbons (Fsp3) is 0.273. The maximum atomic E-state index is 11.9. The van der Waals surface area contributed by atoms with Crippen molar-refractivity contribution in [3.63, 3.8) is 0 Å². The monoisotopic (exact) mass is 267 g/mol. The summed E-state index contributed by atoms with van der Waals surface area (Å²) in [5.74, 6) is -0.645. The molecule has 0 aliphatic carbocycles. The number of carbonyl (C=O) groups excluding carboxylic acids is 1. The zero-order valence-electron chi connectivity index (χ0n) is 10.3. The molecule has 1 aromatic carbocycles. The molecule has 0 saturated carbocycles. The van der Waals surface area contributed by atoms with Gasteiger partial charge >= 0.3 is 10.2 Å². The van der Waals surface area contributed by atoms with Gasteiger partial charge in [-0.05, 0) is 24.3 Å². The van der Waals surface area contributed by atoms with Gasteiger partial charge in [0.15, 0.2) is 0 Å². The summed E-state index contributed by atoms with van der Waals surface area (Å²) in [6, 6.07) is 7.68. The van der Waals surface area contributed by atoms with Crippen molar-refractivity contribution in [1.29, 1.82) is 5.26 Å². The van der Waals surface area contributed by atoms with Gasteiger partial charge in [0.1, 0.15) is 0 Å². The molecule has 0 unspecified atom stereocenters. The highest BCUT2D eigenvalue weighted by Crippen LogP contribution is 2.10. The molecular weight excluding hydrogens is 254 g/mol. The summed E-state index contributed by atoms with van der Waals surface area (Å²) in [4.78, 5) is 11.9. The largest absolute Gasteiger partial charge is 0.305 e. The lowest BCUT2D eigenvalue weighted by atomic mass is 10.1. The summed E-state index contributed by atoms with van der Waals surface area (Å²) in [5.41, 5.74) is 0.617. The van der Waals surface area contributed by atoms with E-state index in [-0.39, 0.29) is 5.56 Å². The second kappa shape index (κ2) is 5.16. The first-order valence-corrected chi connectivity index (χ1v) is 6.41. The van der Waals surface area contributed by atoms with E-state index in [4.69, 9.17) is 5.26 Å². The van der Waals surface area contributed by atoms with Crippen LogP contribution in [-0.4, -0.2) is 44.1 Å². The molecule has 0 aromatic heterocycles. The van der Waals surface area contributed by atoms with Crippen molar-refractivity contribution in [2.45, 2.75) is 0 Å². The number of rotatable bonds is 3. The Balaban J connectivity index is 3.05. The lowest BCUT2D eigenvalue weighted by molar-refractivity contribution is 0.0878. The number of amides is 1. The predicted octanol–water partition coefficient (Wildman–Crippen LogP) is 0.437. The molecule has 0 N–H and O–H groups in total. The summed E-state index contributed by atoms with van der Waals surface area (Å²) < 4.78 is 25.1. The van der Waals surface area contributed by atoms with Crippen LogP contribution in [0.3, 0.4) is 0 Å². The van der Waals surface area contributed by atoms with Gasteiger partial charge in [-0.3, -0.25) is 4.79 Å². The van der Waals surface area contributed by atoms with Crippen molar-refractivity contribution < 1.29 is 13.2 Å². The molecule has 7 heteroatoms. The molecule has 0 bridgehead atoms. The third-order valence-corrected chi connectivity index (χ3v) is 4.14. The Bertz CT molecular complexity index is 585. The summed E-state index contributed by atoms with van der Waals surface area (Å²) >= 11 is 0. The second-order valence-corrected chi connectivity index (χ2v) is 5.93. The molecule has 0 aliphatic heterocycles. The van der Waals surface area contributed by atoms with Crippen LogP contribution in [0, 0.1) is 11.3 Å². The van der Waals surface area contributed by atoms with Crippen molar-refractivity contribution in [3.05, 3.63) is 35.4 Å². The van der Waals surface area contributed by atoms with E-state index in [0.717, 1.165) is 4.31 Å². The number of nitrogens with zero attached hydrogens (tertiary/aromatic N) is 3. The molecule has 0 aliphatic rings. The number of hydrogen-bond acceptors (Lipinski definition) is 4. The van der Waals surface area contributed by atoms with Gasteiger partial charge in [-0.15, -0.1) is 0 Å². The minimum Gasteiger partial charge on any atom is -0.268 e. The topological polar surface area (TPSA) is 81.5 Å². The fourth-order valence-electron chi connectivity index (χ4n) is 1.22. The Kier molecular flexibility index (Phi) is 4.06. The van der Waals surface area contributed by atoms with Crippen molar-refractivity contribution in [2.24, 2.45) is 0 Å². The molecule has 0 spiro atoms. The SMILES string of the molecule is CN(C)S(=O)(=O)N(C)C(=O)c1ccc(C#N)cc1. The highest BCUT2D eigenvalue weighted by atomic mass is 32.2. The number of nitriles is 1. The number of benzene rings is 1. The van der Waals surface area contributed by atoms with Crippen LogP contribution >= 0.6 is 0 Å². The van der Waals surface area contributed by atoms with Gasteiger partial charge in [-0.25, -0.2) is 4.31 Å². The van der Waals surface area contributed by atoms with Gasteiger partial charge < -0.3 is 0 Å². The lowest BCUT2D eigenvalue weighted by Gasteiger charge is -2.21. The minimum atomic E-state index is -3.79. The molecule has 1 amide bonds. The summed E-state index contributed by atoms with van der Waals surface area (Å²) in [6.45, 7) is 0. The van der Waals surface area contributed by atoms with E-state index in [1.807, 2.05) is 6.07 Å². The second-order valence-electron chi connectivity index (χ2n) is 3.75. The van der Waals surface area contributed by atoms with Gasteiger partial charge in [-0.1, -0.05) is 0 Å². The van der Waals surface area contributed by atoms with Crippen LogP contribution in [-0.2, 0) is 10.2 Å². The third-order valence-electron chi connectivity index (χ3n) is 2.35. The highest BCUT2D eigenvalue weighted by Gasteiger charge is 2.26. The van der Waals surface area contributed by atoms with E-state index in [9.17, 15) is 13.2 Å². The van der Waals surface area contributed by atoms with E-state index < -0.39 is 16.1 Å². The first kappa shape index (κ1) is 14.2. The van der Waals surface area contributed by atoms with Gasteiger partial charge in [0.05, 0.1) is 11.6 Å². The van der Waals surface area contributed by atoms with Gasteiger partial charge in [0.25, 0.3) is 5.91 Å². The van der Waals surface area contributed by atoms with Crippen LogP contribution in [0.15, 0.2) is 24.3 Å². The molecule has 96 valence electrons. The van der Waals surface area contributed by atoms with E-state index in [2.05, 4.69) is 0 Å². The van der Waals surface area contributed by atoms with Gasteiger partial charge in [0.2, 0.25) is 0 Å². The smallest absolute Gasteiger partial charge is 0.268 e. The molecule has 6 nitrogen and oxygen atoms in total. The molecule has 0 fully saturated rings. The van der Waals surface area contributed by atoms with Crippen molar-refractivity contribution in [3.8, 4) is 6.07 Å². The Morgan fingerprint density at radius 2 is 1.67 bits per heavy atom. The van der Waals surface area contributed by atoms with Crippen molar-refractivity contribution >= 4 is 16.1 Å². The average Bonchev–Trinajstić information content (AvgIpc) is 2.36. The average molecular weight is 267 g/mol. The normalized spacial score (nSPS) is 11.1. The number of carbonyl (C=O) groups is 1. The first-order chi connectivity index (χ1) is 8.30. The first-order valence-electron chi connectivity index (χ1n) is 5.01. The van der Waals surface area contributed by atoms with Gasteiger partial charge in [0, 0.05) is 26.7 Å². The molecule has 1 aromatic rings.